The molecule has 0 spiro atoms. The molecule has 0 amide bonds. The van der Waals surface area contributed by atoms with E-state index in [2.05, 4.69) is 4.98 Å². The van der Waals surface area contributed by atoms with Gasteiger partial charge in [-0.2, -0.15) is 0 Å². The second-order valence-electron chi connectivity index (χ2n) is 4.85. The summed E-state index contributed by atoms with van der Waals surface area (Å²) in [6, 6.07) is 15.3. The number of para-hydroxylation sites is 2. The summed E-state index contributed by atoms with van der Waals surface area (Å²) in [6.45, 7) is 1.02. The Hall–Kier alpha value is -2.53. The second kappa shape index (κ2) is 6.49. The van der Waals surface area contributed by atoms with Crippen LogP contribution in [0.1, 0.15) is 5.82 Å². The summed E-state index contributed by atoms with van der Waals surface area (Å²) >= 11 is 0. The van der Waals surface area contributed by atoms with Crippen LogP contribution >= 0.6 is 0 Å². The third kappa shape index (κ3) is 2.89. The highest BCUT2D eigenvalue weighted by Crippen LogP contribution is 2.20. The van der Waals surface area contributed by atoms with Crippen LogP contribution in [0.4, 0.5) is 0 Å². The summed E-state index contributed by atoms with van der Waals surface area (Å²) in [7, 11) is 1.63. The lowest BCUT2D eigenvalue weighted by Crippen LogP contribution is -2.11. The quantitative estimate of drug-likeness (QED) is 0.760. The molecule has 114 valence electrons. The minimum absolute atomic E-state index is 0.0894. The predicted molar refractivity (Wildman–Crippen MR) is 84.1 cm³/mol. The maximum atomic E-state index is 9.46. The van der Waals surface area contributed by atoms with Gasteiger partial charge in [-0.05, 0) is 24.3 Å². The summed E-state index contributed by atoms with van der Waals surface area (Å²) < 4.78 is 12.9. The fraction of sp³-hybridized carbons (Fsp3) is 0.235. The molecule has 0 saturated carbocycles. The van der Waals surface area contributed by atoms with Crippen molar-refractivity contribution in [1.82, 2.24) is 9.55 Å². The van der Waals surface area contributed by atoms with Gasteiger partial charge in [-0.25, -0.2) is 4.98 Å². The molecule has 0 radical (unpaired) electrons. The molecule has 5 nitrogen and oxygen atoms in total. The number of aromatic nitrogens is 2. The van der Waals surface area contributed by atoms with Gasteiger partial charge in [0.05, 0.1) is 24.7 Å². The Morgan fingerprint density at radius 3 is 2.73 bits per heavy atom. The molecule has 0 unspecified atom stereocenters. The number of aliphatic hydroxyl groups is 1. The lowest BCUT2D eigenvalue weighted by atomic mass is 10.3. The fourth-order valence-electron chi connectivity index (χ4n) is 2.44. The summed E-state index contributed by atoms with van der Waals surface area (Å²) in [4.78, 5) is 4.42. The highest BCUT2D eigenvalue weighted by Gasteiger charge is 2.09. The number of methoxy groups -OCH3 is 1. The Morgan fingerprint density at radius 1 is 1.09 bits per heavy atom. The van der Waals surface area contributed by atoms with Crippen molar-refractivity contribution in [2.75, 3.05) is 13.7 Å². The van der Waals surface area contributed by atoms with Crippen LogP contribution in [0.25, 0.3) is 11.0 Å². The number of imidazole rings is 1. The predicted octanol–water partition coefficient (Wildman–Crippen LogP) is 2.62. The molecule has 2 aromatic carbocycles. The zero-order chi connectivity index (χ0) is 15.4. The zero-order valence-electron chi connectivity index (χ0n) is 12.4. The van der Waals surface area contributed by atoms with Crippen molar-refractivity contribution in [2.45, 2.75) is 13.2 Å². The monoisotopic (exact) mass is 298 g/mol. The molecular weight excluding hydrogens is 280 g/mol. The van der Waals surface area contributed by atoms with Gasteiger partial charge in [0, 0.05) is 6.07 Å². The lowest BCUT2D eigenvalue weighted by molar-refractivity contribution is 0.255. The third-order valence-corrected chi connectivity index (χ3v) is 3.50. The minimum Gasteiger partial charge on any atom is -0.497 e. The van der Waals surface area contributed by atoms with Crippen molar-refractivity contribution >= 4 is 11.0 Å². The van der Waals surface area contributed by atoms with Crippen LogP contribution in [0.3, 0.4) is 0 Å². The number of aliphatic hydroxyl groups excluding tert-OH is 1. The standard InChI is InChI=1S/C17H18N2O3/c1-21-13-5-4-6-14(11-13)22-10-9-19-16-8-3-2-7-15(16)18-17(19)12-20/h2-8,11,20H,9-10,12H2,1H3. The molecule has 3 aromatic rings. The van der Waals surface area contributed by atoms with Gasteiger partial charge >= 0.3 is 0 Å². The van der Waals surface area contributed by atoms with E-state index in [-0.39, 0.29) is 6.61 Å². The van der Waals surface area contributed by atoms with Crippen molar-refractivity contribution in [3.05, 3.63) is 54.4 Å². The summed E-state index contributed by atoms with van der Waals surface area (Å²) in [5, 5.41) is 9.46. The van der Waals surface area contributed by atoms with Crippen molar-refractivity contribution in [3.8, 4) is 11.5 Å². The van der Waals surface area contributed by atoms with Crippen LogP contribution in [0.2, 0.25) is 0 Å². The number of hydrogen-bond donors (Lipinski definition) is 1. The summed E-state index contributed by atoms with van der Waals surface area (Å²) in [5.74, 6) is 2.17. The van der Waals surface area contributed by atoms with E-state index in [1.165, 1.54) is 0 Å². The fourth-order valence-corrected chi connectivity index (χ4v) is 2.44. The molecule has 0 aliphatic rings. The van der Waals surface area contributed by atoms with E-state index >= 15 is 0 Å². The Bertz CT molecular complexity index is 767. The highest BCUT2D eigenvalue weighted by atomic mass is 16.5. The van der Waals surface area contributed by atoms with E-state index in [1.807, 2.05) is 53.1 Å². The molecule has 3 rings (SSSR count). The average molecular weight is 298 g/mol. The largest absolute Gasteiger partial charge is 0.497 e. The first kappa shape index (κ1) is 14.4. The second-order valence-corrected chi connectivity index (χ2v) is 4.85. The number of nitrogens with zero attached hydrogens (tertiary/aromatic N) is 2. The van der Waals surface area contributed by atoms with Crippen LogP contribution in [-0.4, -0.2) is 28.4 Å². The van der Waals surface area contributed by atoms with Crippen LogP contribution < -0.4 is 9.47 Å². The van der Waals surface area contributed by atoms with Crippen molar-refractivity contribution < 1.29 is 14.6 Å². The number of rotatable bonds is 6. The molecule has 0 saturated heterocycles. The van der Waals surface area contributed by atoms with Crippen LogP contribution in [0.15, 0.2) is 48.5 Å². The summed E-state index contributed by atoms with van der Waals surface area (Å²) in [6.07, 6.45) is 0. The van der Waals surface area contributed by atoms with Crippen LogP contribution in [0.5, 0.6) is 11.5 Å². The van der Waals surface area contributed by atoms with Gasteiger partial charge in [0.15, 0.2) is 0 Å². The van der Waals surface area contributed by atoms with Gasteiger partial charge in [-0.1, -0.05) is 18.2 Å². The zero-order valence-corrected chi connectivity index (χ0v) is 12.4. The molecule has 5 heteroatoms. The lowest BCUT2D eigenvalue weighted by Gasteiger charge is -2.10. The van der Waals surface area contributed by atoms with Gasteiger partial charge in [-0.15, -0.1) is 0 Å². The third-order valence-electron chi connectivity index (χ3n) is 3.50. The highest BCUT2D eigenvalue weighted by molar-refractivity contribution is 5.75. The van der Waals surface area contributed by atoms with Gasteiger partial charge in [-0.3, -0.25) is 0 Å². The van der Waals surface area contributed by atoms with Gasteiger partial charge < -0.3 is 19.1 Å². The van der Waals surface area contributed by atoms with E-state index in [9.17, 15) is 5.11 Å². The number of fused-ring (bicyclic) bond motifs is 1. The van der Waals surface area contributed by atoms with Crippen LogP contribution in [-0.2, 0) is 13.2 Å². The summed E-state index contributed by atoms with van der Waals surface area (Å²) in [5.41, 5.74) is 1.88. The first-order valence-electron chi connectivity index (χ1n) is 7.13. The smallest absolute Gasteiger partial charge is 0.135 e. The average Bonchev–Trinajstić information content (AvgIpc) is 2.93. The Kier molecular flexibility index (Phi) is 4.25. The maximum absolute atomic E-state index is 9.46. The number of benzene rings is 2. The molecule has 1 heterocycles. The molecule has 0 bridgehead atoms. The molecular formula is C17H18N2O3. The minimum atomic E-state index is -0.0894. The van der Waals surface area contributed by atoms with Crippen LogP contribution in [0, 0.1) is 0 Å². The van der Waals surface area contributed by atoms with E-state index in [0.29, 0.717) is 19.0 Å². The SMILES string of the molecule is COc1cccc(OCCn2c(CO)nc3ccccc32)c1. The van der Waals surface area contributed by atoms with E-state index in [0.717, 1.165) is 22.5 Å². The molecule has 1 N–H and O–H groups in total. The van der Waals surface area contributed by atoms with Crippen molar-refractivity contribution in [2.24, 2.45) is 0 Å². The molecule has 0 fully saturated rings. The Morgan fingerprint density at radius 2 is 1.91 bits per heavy atom. The Balaban J connectivity index is 1.73. The molecule has 0 aliphatic heterocycles. The first-order valence-corrected chi connectivity index (χ1v) is 7.13. The maximum Gasteiger partial charge on any atom is 0.135 e. The van der Waals surface area contributed by atoms with Crippen molar-refractivity contribution in [3.63, 3.8) is 0 Å². The van der Waals surface area contributed by atoms with Gasteiger partial charge in [0.25, 0.3) is 0 Å². The topological polar surface area (TPSA) is 56.5 Å². The Labute approximate surface area is 128 Å². The van der Waals surface area contributed by atoms with E-state index in [1.54, 1.807) is 7.11 Å². The number of ether oxygens (including phenoxy) is 2. The van der Waals surface area contributed by atoms with Gasteiger partial charge in [0.2, 0.25) is 0 Å². The molecule has 1 aromatic heterocycles. The van der Waals surface area contributed by atoms with Gasteiger partial charge in [0.1, 0.15) is 30.5 Å². The molecule has 0 atom stereocenters. The molecule has 0 aliphatic carbocycles. The van der Waals surface area contributed by atoms with E-state index in [4.69, 9.17) is 9.47 Å². The first-order chi connectivity index (χ1) is 10.8. The van der Waals surface area contributed by atoms with E-state index < -0.39 is 0 Å². The molecule has 22 heavy (non-hydrogen) atoms. The number of hydrogen-bond acceptors (Lipinski definition) is 4. The normalized spacial score (nSPS) is 10.8. The van der Waals surface area contributed by atoms with Crippen molar-refractivity contribution in [1.29, 1.82) is 0 Å².